The summed E-state index contributed by atoms with van der Waals surface area (Å²) in [5.74, 6) is 0. The van der Waals surface area contributed by atoms with Crippen molar-refractivity contribution in [2.24, 2.45) is 0 Å². The van der Waals surface area contributed by atoms with Gasteiger partial charge < -0.3 is 0 Å². The normalized spacial score (nSPS) is 11.9. The first-order valence-corrected chi connectivity index (χ1v) is 7.46. The number of benzene rings is 2. The molecule has 0 aliphatic heterocycles. The molecule has 1 aromatic heterocycles. The average molecular weight is 387 g/mol. The maximum atomic E-state index is 13.4. The van der Waals surface area contributed by atoms with Crippen LogP contribution < -0.4 is 0 Å². The largest absolute Gasteiger partial charge is 0.434 e. The van der Waals surface area contributed by atoms with E-state index in [0.29, 0.717) is 10.9 Å². The first-order valence-electron chi connectivity index (χ1n) is 6.29. The molecular formula is C16H8BrClF3N. The Morgan fingerprint density at radius 3 is 2.32 bits per heavy atom. The van der Waals surface area contributed by atoms with E-state index in [1.165, 1.54) is 6.07 Å². The Bertz CT molecular complexity index is 847. The Kier molecular flexibility index (Phi) is 3.87. The lowest BCUT2D eigenvalue weighted by Crippen LogP contribution is -2.11. The van der Waals surface area contributed by atoms with E-state index in [4.69, 9.17) is 11.6 Å². The van der Waals surface area contributed by atoms with Crippen molar-refractivity contribution < 1.29 is 13.2 Å². The summed E-state index contributed by atoms with van der Waals surface area (Å²) < 4.78 is 40.9. The maximum absolute atomic E-state index is 13.4. The number of aromatic nitrogens is 1. The van der Waals surface area contributed by atoms with Gasteiger partial charge in [-0.3, -0.25) is 0 Å². The van der Waals surface area contributed by atoms with Crippen LogP contribution in [0.2, 0.25) is 5.02 Å². The molecule has 3 aromatic rings. The third-order valence-corrected chi connectivity index (χ3v) is 4.10. The zero-order valence-corrected chi connectivity index (χ0v) is 13.3. The molecule has 0 aliphatic rings. The fourth-order valence-corrected chi connectivity index (χ4v) is 2.98. The van der Waals surface area contributed by atoms with E-state index in [0.717, 1.165) is 4.47 Å². The first-order chi connectivity index (χ1) is 10.4. The van der Waals surface area contributed by atoms with Gasteiger partial charge in [-0.2, -0.15) is 13.2 Å². The molecule has 0 saturated carbocycles. The van der Waals surface area contributed by atoms with Crippen LogP contribution >= 0.6 is 27.5 Å². The van der Waals surface area contributed by atoms with Crippen LogP contribution in [-0.2, 0) is 6.18 Å². The van der Waals surface area contributed by atoms with Gasteiger partial charge in [0.25, 0.3) is 0 Å². The molecule has 3 rings (SSSR count). The third kappa shape index (κ3) is 2.71. The molecule has 1 nitrogen and oxygen atoms in total. The van der Waals surface area contributed by atoms with E-state index >= 15 is 0 Å². The number of rotatable bonds is 1. The van der Waals surface area contributed by atoms with Gasteiger partial charge in [0.15, 0.2) is 5.69 Å². The van der Waals surface area contributed by atoms with Crippen molar-refractivity contribution in [3.05, 3.63) is 63.7 Å². The summed E-state index contributed by atoms with van der Waals surface area (Å²) in [5.41, 5.74) is -0.478. The number of pyridine rings is 1. The van der Waals surface area contributed by atoms with Gasteiger partial charge >= 0.3 is 6.18 Å². The Labute approximate surface area is 137 Å². The number of halogens is 5. The molecule has 1 heterocycles. The van der Waals surface area contributed by atoms with Crippen molar-refractivity contribution in [1.82, 2.24) is 4.98 Å². The van der Waals surface area contributed by atoms with Crippen molar-refractivity contribution in [3.8, 4) is 11.1 Å². The Balaban J connectivity index is 2.44. The van der Waals surface area contributed by atoms with E-state index in [2.05, 4.69) is 20.9 Å². The molecule has 2 aromatic carbocycles. The molecular weight excluding hydrogens is 379 g/mol. The van der Waals surface area contributed by atoms with E-state index in [1.807, 2.05) is 0 Å². The highest BCUT2D eigenvalue weighted by atomic mass is 79.9. The molecule has 0 bridgehead atoms. The van der Waals surface area contributed by atoms with Gasteiger partial charge in [-0.05, 0) is 23.8 Å². The van der Waals surface area contributed by atoms with Gasteiger partial charge in [0.1, 0.15) is 0 Å². The van der Waals surface area contributed by atoms with Crippen molar-refractivity contribution in [3.63, 3.8) is 0 Å². The van der Waals surface area contributed by atoms with Crippen LogP contribution in [0.25, 0.3) is 22.0 Å². The summed E-state index contributed by atoms with van der Waals surface area (Å²) >= 11 is 9.60. The van der Waals surface area contributed by atoms with Gasteiger partial charge in [0.05, 0.1) is 10.5 Å². The zero-order valence-electron chi connectivity index (χ0n) is 11.0. The number of nitrogens with zero attached hydrogens (tertiary/aromatic N) is 1. The summed E-state index contributed by atoms with van der Waals surface area (Å²) in [7, 11) is 0. The molecule has 0 fully saturated rings. The van der Waals surface area contributed by atoms with Crippen LogP contribution in [0, 0.1) is 0 Å². The lowest BCUT2D eigenvalue weighted by Gasteiger charge is -2.16. The molecule has 0 amide bonds. The van der Waals surface area contributed by atoms with Gasteiger partial charge in [0, 0.05) is 15.4 Å². The second kappa shape index (κ2) is 5.56. The smallest absolute Gasteiger partial charge is 0.243 e. The van der Waals surface area contributed by atoms with Crippen LogP contribution in [-0.4, -0.2) is 4.98 Å². The van der Waals surface area contributed by atoms with Crippen molar-refractivity contribution in [2.45, 2.75) is 6.18 Å². The standard InChI is InChI=1S/C16H8BrClF3N/c17-10-6-7-12-11(8-10)14(18)13(9-4-2-1-3-5-9)15(22-12)16(19,20)21/h1-8H. The molecule has 22 heavy (non-hydrogen) atoms. The van der Waals surface area contributed by atoms with Crippen molar-refractivity contribution in [1.29, 1.82) is 0 Å². The summed E-state index contributed by atoms with van der Waals surface area (Å²) in [5, 5.41) is 0.521. The van der Waals surface area contributed by atoms with Crippen LogP contribution in [0.3, 0.4) is 0 Å². The average Bonchev–Trinajstić information content (AvgIpc) is 2.47. The van der Waals surface area contributed by atoms with E-state index in [-0.39, 0.29) is 16.1 Å². The fourth-order valence-electron chi connectivity index (χ4n) is 2.27. The van der Waals surface area contributed by atoms with Gasteiger partial charge in [-0.15, -0.1) is 0 Å². The van der Waals surface area contributed by atoms with E-state index in [9.17, 15) is 13.2 Å². The third-order valence-electron chi connectivity index (χ3n) is 3.21. The maximum Gasteiger partial charge on any atom is 0.434 e. The number of alkyl halides is 3. The minimum Gasteiger partial charge on any atom is -0.243 e. The molecule has 112 valence electrons. The Morgan fingerprint density at radius 2 is 1.68 bits per heavy atom. The molecule has 0 N–H and O–H groups in total. The molecule has 0 atom stereocenters. The molecule has 0 radical (unpaired) electrons. The number of hydrogen-bond donors (Lipinski definition) is 0. The summed E-state index contributed by atoms with van der Waals surface area (Å²) in [4.78, 5) is 3.79. The predicted molar refractivity (Wildman–Crippen MR) is 84.9 cm³/mol. The van der Waals surface area contributed by atoms with Crippen LogP contribution in [0.15, 0.2) is 53.0 Å². The molecule has 0 saturated heterocycles. The zero-order chi connectivity index (χ0) is 15.9. The summed E-state index contributed by atoms with van der Waals surface area (Å²) in [6.07, 6.45) is -4.59. The highest BCUT2D eigenvalue weighted by molar-refractivity contribution is 9.10. The van der Waals surface area contributed by atoms with Gasteiger partial charge in [0.2, 0.25) is 0 Å². The quantitative estimate of drug-likeness (QED) is 0.476. The Morgan fingerprint density at radius 1 is 1.00 bits per heavy atom. The number of hydrogen-bond acceptors (Lipinski definition) is 1. The lowest BCUT2D eigenvalue weighted by atomic mass is 10.0. The van der Waals surface area contributed by atoms with Crippen molar-refractivity contribution >= 4 is 38.4 Å². The first kappa shape index (κ1) is 15.3. The molecule has 0 aliphatic carbocycles. The SMILES string of the molecule is FC(F)(F)c1nc2ccc(Br)cc2c(Cl)c1-c1ccccc1. The second-order valence-electron chi connectivity index (χ2n) is 4.67. The van der Waals surface area contributed by atoms with Crippen LogP contribution in [0.5, 0.6) is 0 Å². The topological polar surface area (TPSA) is 12.9 Å². The second-order valence-corrected chi connectivity index (χ2v) is 5.97. The Hall–Kier alpha value is -1.59. The highest BCUT2D eigenvalue weighted by Crippen LogP contribution is 2.43. The van der Waals surface area contributed by atoms with Gasteiger partial charge in [-0.25, -0.2) is 4.98 Å². The summed E-state index contributed by atoms with van der Waals surface area (Å²) in [6.45, 7) is 0. The van der Waals surface area contributed by atoms with Gasteiger partial charge in [-0.1, -0.05) is 57.9 Å². The highest BCUT2D eigenvalue weighted by Gasteiger charge is 2.37. The van der Waals surface area contributed by atoms with E-state index in [1.54, 1.807) is 42.5 Å². The molecule has 0 spiro atoms. The van der Waals surface area contributed by atoms with E-state index < -0.39 is 11.9 Å². The minimum absolute atomic E-state index is 0.0461. The predicted octanol–water partition coefficient (Wildman–Crippen LogP) is 6.34. The lowest BCUT2D eigenvalue weighted by molar-refractivity contribution is -0.140. The molecule has 6 heteroatoms. The minimum atomic E-state index is -4.59. The van der Waals surface area contributed by atoms with Crippen LogP contribution in [0.4, 0.5) is 13.2 Å². The van der Waals surface area contributed by atoms with Crippen LogP contribution in [0.1, 0.15) is 5.69 Å². The van der Waals surface area contributed by atoms with Crippen molar-refractivity contribution in [2.75, 3.05) is 0 Å². The number of fused-ring (bicyclic) bond motifs is 1. The molecule has 0 unspecified atom stereocenters. The summed E-state index contributed by atoms with van der Waals surface area (Å²) in [6, 6.07) is 13.0. The monoisotopic (exact) mass is 385 g/mol. The fraction of sp³-hybridized carbons (Fsp3) is 0.0625.